The molecule has 3 aromatic heterocycles. The first-order valence-electron chi connectivity index (χ1n) is 7.36. The Kier molecular flexibility index (Phi) is 3.59. The normalized spacial score (nSPS) is 10.9. The van der Waals surface area contributed by atoms with E-state index in [9.17, 15) is 0 Å². The van der Waals surface area contributed by atoms with E-state index >= 15 is 0 Å². The molecule has 4 aromatic rings. The fraction of sp³-hybridized carbons (Fsp3) is 0.0588. The molecule has 0 spiro atoms. The highest BCUT2D eigenvalue weighted by Gasteiger charge is 2.12. The van der Waals surface area contributed by atoms with Gasteiger partial charge in [0.15, 0.2) is 5.82 Å². The molecule has 0 aliphatic carbocycles. The highest BCUT2D eigenvalue weighted by Crippen LogP contribution is 2.22. The van der Waals surface area contributed by atoms with Crippen LogP contribution in [0.1, 0.15) is 5.69 Å². The minimum atomic E-state index is 0.526. The van der Waals surface area contributed by atoms with Gasteiger partial charge in [-0.1, -0.05) is 17.7 Å². The zero-order chi connectivity index (χ0) is 16.5. The van der Waals surface area contributed by atoms with Gasteiger partial charge in [-0.25, -0.2) is 4.98 Å². The van der Waals surface area contributed by atoms with Crippen molar-refractivity contribution in [2.45, 2.75) is 6.92 Å². The summed E-state index contributed by atoms with van der Waals surface area (Å²) in [6, 6.07) is 13.2. The third-order valence-electron chi connectivity index (χ3n) is 3.46. The number of benzene rings is 1. The maximum Gasteiger partial charge on any atom is 0.254 e. The first-order chi connectivity index (χ1) is 11.7. The lowest BCUT2D eigenvalue weighted by Crippen LogP contribution is -2.02. The topological polar surface area (TPSA) is 68.0 Å². The molecule has 3 heterocycles. The molecule has 6 nitrogen and oxygen atoms in total. The number of nitrogens with zero attached hydrogens (tertiary/aromatic N) is 5. The van der Waals surface area contributed by atoms with Gasteiger partial charge >= 0.3 is 0 Å². The monoisotopic (exact) mass is 336 g/mol. The van der Waals surface area contributed by atoms with Gasteiger partial charge < -0.3 is 5.32 Å². The number of aryl methyl sites for hydroxylation is 1. The smallest absolute Gasteiger partial charge is 0.254 e. The van der Waals surface area contributed by atoms with Crippen molar-refractivity contribution < 1.29 is 0 Å². The largest absolute Gasteiger partial charge is 0.340 e. The van der Waals surface area contributed by atoms with E-state index in [1.165, 1.54) is 0 Å². The molecule has 1 aromatic carbocycles. The van der Waals surface area contributed by atoms with Crippen molar-refractivity contribution in [1.82, 2.24) is 24.6 Å². The van der Waals surface area contributed by atoms with Crippen molar-refractivity contribution in [3.05, 3.63) is 65.6 Å². The third kappa shape index (κ3) is 2.79. The SMILES string of the molecule is Cc1cc(Nc2cccc(Cl)c2)n2nc(-c3cccnc3)nc2n1. The number of fused-ring (bicyclic) bond motifs is 1. The van der Waals surface area contributed by atoms with E-state index < -0.39 is 0 Å². The number of nitrogens with one attached hydrogen (secondary N) is 1. The molecule has 0 radical (unpaired) electrons. The molecule has 118 valence electrons. The standard InChI is InChI=1S/C17H13ClN6/c1-11-8-15(21-14-6-2-5-13(18)9-14)24-17(20-11)22-16(23-24)12-4-3-7-19-10-12/h2-10,21H,1H3. The Morgan fingerprint density at radius 1 is 1.08 bits per heavy atom. The second-order valence-electron chi connectivity index (χ2n) is 5.31. The quantitative estimate of drug-likeness (QED) is 0.614. The van der Waals surface area contributed by atoms with Crippen LogP contribution in [0, 0.1) is 6.92 Å². The second-order valence-corrected chi connectivity index (χ2v) is 5.74. The molecular weight excluding hydrogens is 324 g/mol. The molecule has 0 aliphatic rings. The predicted octanol–water partition coefficient (Wildman–Crippen LogP) is 3.89. The Morgan fingerprint density at radius 3 is 2.79 bits per heavy atom. The summed E-state index contributed by atoms with van der Waals surface area (Å²) in [6.45, 7) is 1.92. The Balaban J connectivity index is 1.81. The molecule has 0 amide bonds. The van der Waals surface area contributed by atoms with Crippen molar-refractivity contribution in [1.29, 1.82) is 0 Å². The molecule has 0 saturated heterocycles. The van der Waals surface area contributed by atoms with Crippen molar-refractivity contribution in [2.24, 2.45) is 0 Å². The lowest BCUT2D eigenvalue weighted by atomic mass is 10.3. The van der Waals surface area contributed by atoms with Crippen LogP contribution < -0.4 is 5.32 Å². The fourth-order valence-electron chi connectivity index (χ4n) is 2.41. The van der Waals surface area contributed by atoms with Gasteiger partial charge in [-0.15, -0.1) is 5.10 Å². The van der Waals surface area contributed by atoms with E-state index in [4.69, 9.17) is 11.6 Å². The summed E-state index contributed by atoms with van der Waals surface area (Å²) in [6.07, 6.45) is 3.44. The molecule has 4 rings (SSSR count). The molecule has 7 heteroatoms. The highest BCUT2D eigenvalue weighted by atomic mass is 35.5. The number of hydrogen-bond acceptors (Lipinski definition) is 5. The number of halogens is 1. The van der Waals surface area contributed by atoms with Gasteiger partial charge in [-0.2, -0.15) is 9.50 Å². The summed E-state index contributed by atoms with van der Waals surface area (Å²) < 4.78 is 1.68. The van der Waals surface area contributed by atoms with Gasteiger partial charge in [0.2, 0.25) is 0 Å². The zero-order valence-corrected chi connectivity index (χ0v) is 13.6. The molecule has 0 aliphatic heterocycles. The molecule has 1 N–H and O–H groups in total. The number of rotatable bonds is 3. The van der Waals surface area contributed by atoms with Crippen molar-refractivity contribution in [3.63, 3.8) is 0 Å². The first-order valence-corrected chi connectivity index (χ1v) is 7.74. The van der Waals surface area contributed by atoms with Crippen molar-refractivity contribution in [3.8, 4) is 11.4 Å². The Hall–Kier alpha value is -2.99. The first kappa shape index (κ1) is 14.6. The van der Waals surface area contributed by atoms with Gasteiger partial charge in [0.25, 0.3) is 5.78 Å². The second kappa shape index (κ2) is 5.90. The van der Waals surface area contributed by atoms with E-state index in [1.54, 1.807) is 16.9 Å². The van der Waals surface area contributed by atoms with Crippen LogP contribution in [-0.4, -0.2) is 24.6 Å². The van der Waals surface area contributed by atoms with E-state index in [2.05, 4.69) is 25.4 Å². The van der Waals surface area contributed by atoms with Crippen LogP contribution in [0.2, 0.25) is 5.02 Å². The average molecular weight is 337 g/mol. The molecule has 0 unspecified atom stereocenters. The Labute approximate surface area is 143 Å². The maximum atomic E-state index is 6.05. The summed E-state index contributed by atoms with van der Waals surface area (Å²) in [5.41, 5.74) is 2.55. The van der Waals surface area contributed by atoms with E-state index in [0.717, 1.165) is 22.8 Å². The van der Waals surface area contributed by atoms with E-state index in [1.807, 2.05) is 49.4 Å². The third-order valence-corrected chi connectivity index (χ3v) is 3.69. The summed E-state index contributed by atoms with van der Waals surface area (Å²) in [5, 5.41) is 8.53. The Bertz CT molecular complexity index is 1010. The van der Waals surface area contributed by atoms with E-state index in [0.29, 0.717) is 16.6 Å². The van der Waals surface area contributed by atoms with Crippen LogP contribution in [0.3, 0.4) is 0 Å². The summed E-state index contributed by atoms with van der Waals surface area (Å²) in [7, 11) is 0. The van der Waals surface area contributed by atoms with Crippen LogP contribution in [0.5, 0.6) is 0 Å². The molecule has 24 heavy (non-hydrogen) atoms. The lowest BCUT2D eigenvalue weighted by Gasteiger charge is -2.08. The van der Waals surface area contributed by atoms with E-state index in [-0.39, 0.29) is 0 Å². The van der Waals surface area contributed by atoms with Crippen LogP contribution in [0.4, 0.5) is 11.5 Å². The van der Waals surface area contributed by atoms with Crippen LogP contribution in [0.25, 0.3) is 17.2 Å². The average Bonchev–Trinajstić information content (AvgIpc) is 3.00. The number of aromatic nitrogens is 5. The highest BCUT2D eigenvalue weighted by molar-refractivity contribution is 6.30. The lowest BCUT2D eigenvalue weighted by molar-refractivity contribution is 0.940. The van der Waals surface area contributed by atoms with Gasteiger partial charge in [0.05, 0.1) is 0 Å². The van der Waals surface area contributed by atoms with Gasteiger partial charge in [-0.05, 0) is 37.3 Å². The van der Waals surface area contributed by atoms with Gasteiger partial charge in [0, 0.05) is 40.4 Å². The Morgan fingerprint density at radius 2 is 2.00 bits per heavy atom. The molecular formula is C17H13ClN6. The number of anilines is 2. The van der Waals surface area contributed by atoms with Crippen molar-refractivity contribution >= 4 is 28.9 Å². The van der Waals surface area contributed by atoms with Gasteiger partial charge in [-0.3, -0.25) is 4.98 Å². The fourth-order valence-corrected chi connectivity index (χ4v) is 2.60. The molecule has 0 fully saturated rings. The van der Waals surface area contributed by atoms with Gasteiger partial charge in [0.1, 0.15) is 5.82 Å². The van der Waals surface area contributed by atoms with Crippen molar-refractivity contribution in [2.75, 3.05) is 5.32 Å². The molecule has 0 bridgehead atoms. The predicted molar refractivity (Wildman–Crippen MR) is 93.5 cm³/mol. The number of pyridine rings is 1. The summed E-state index contributed by atoms with van der Waals surface area (Å²) >= 11 is 6.05. The summed E-state index contributed by atoms with van der Waals surface area (Å²) in [5.74, 6) is 1.87. The zero-order valence-electron chi connectivity index (χ0n) is 12.8. The molecule has 0 saturated carbocycles. The van der Waals surface area contributed by atoms with Crippen LogP contribution in [-0.2, 0) is 0 Å². The number of hydrogen-bond donors (Lipinski definition) is 1. The molecule has 0 atom stereocenters. The summed E-state index contributed by atoms with van der Waals surface area (Å²) in [4.78, 5) is 13.1. The minimum Gasteiger partial charge on any atom is -0.340 e. The maximum absolute atomic E-state index is 6.05. The minimum absolute atomic E-state index is 0.526. The van der Waals surface area contributed by atoms with Crippen LogP contribution in [0.15, 0.2) is 54.9 Å². The van der Waals surface area contributed by atoms with Crippen LogP contribution >= 0.6 is 11.6 Å².